The van der Waals surface area contributed by atoms with E-state index in [2.05, 4.69) is 26.5 Å². The molecule has 0 aliphatic heterocycles. The Bertz CT molecular complexity index is 1040. The lowest BCUT2D eigenvalue weighted by Crippen LogP contribution is -2.19. The van der Waals surface area contributed by atoms with Crippen molar-refractivity contribution in [2.45, 2.75) is 13.5 Å². The molecule has 0 unspecified atom stereocenters. The molecular formula is C22H17BrCl2N2O2. The van der Waals surface area contributed by atoms with Crippen LogP contribution in [-0.2, 0) is 6.61 Å². The van der Waals surface area contributed by atoms with Crippen molar-refractivity contribution in [2.24, 2.45) is 5.10 Å². The number of amides is 1. The summed E-state index contributed by atoms with van der Waals surface area (Å²) in [5.74, 6) is 0.330. The lowest BCUT2D eigenvalue weighted by Gasteiger charge is -2.09. The highest BCUT2D eigenvalue weighted by Crippen LogP contribution is 2.23. The molecule has 0 bridgehead atoms. The molecule has 0 spiro atoms. The molecule has 0 aliphatic carbocycles. The summed E-state index contributed by atoms with van der Waals surface area (Å²) in [6, 6.07) is 19.8. The van der Waals surface area contributed by atoms with Gasteiger partial charge in [-0.25, -0.2) is 5.43 Å². The fourth-order valence-corrected chi connectivity index (χ4v) is 3.18. The largest absolute Gasteiger partial charge is 0.489 e. The van der Waals surface area contributed by atoms with Crippen LogP contribution in [0.1, 0.15) is 28.4 Å². The Hall–Kier alpha value is -2.34. The zero-order chi connectivity index (χ0) is 20.8. The van der Waals surface area contributed by atoms with Gasteiger partial charge in [-0.3, -0.25) is 4.79 Å². The third-order valence-electron chi connectivity index (χ3n) is 4.11. The number of benzene rings is 3. The maximum absolute atomic E-state index is 12.3. The van der Waals surface area contributed by atoms with E-state index >= 15 is 0 Å². The second-order valence-corrected chi connectivity index (χ2v) is 7.95. The highest BCUT2D eigenvalue weighted by Gasteiger charge is 2.07. The lowest BCUT2D eigenvalue weighted by atomic mass is 10.1. The minimum Gasteiger partial charge on any atom is -0.489 e. The predicted octanol–water partition coefficient (Wildman–Crippen LogP) is 6.49. The zero-order valence-corrected chi connectivity index (χ0v) is 18.6. The van der Waals surface area contributed by atoms with Crippen molar-refractivity contribution in [3.8, 4) is 5.75 Å². The summed E-state index contributed by atoms with van der Waals surface area (Å²) in [7, 11) is 0. The van der Waals surface area contributed by atoms with Gasteiger partial charge in [-0.1, -0.05) is 57.3 Å². The second-order valence-electron chi connectivity index (χ2n) is 6.19. The number of rotatable bonds is 6. The summed E-state index contributed by atoms with van der Waals surface area (Å²) in [4.78, 5) is 12.3. The van der Waals surface area contributed by atoms with E-state index in [-0.39, 0.29) is 5.91 Å². The molecule has 29 heavy (non-hydrogen) atoms. The van der Waals surface area contributed by atoms with Crippen LogP contribution >= 0.6 is 39.1 Å². The molecule has 0 saturated carbocycles. The summed E-state index contributed by atoms with van der Waals surface area (Å²) in [5.41, 5.74) is 5.52. The molecule has 0 radical (unpaired) electrons. The molecule has 1 amide bonds. The lowest BCUT2D eigenvalue weighted by molar-refractivity contribution is 0.0955. The monoisotopic (exact) mass is 490 g/mol. The van der Waals surface area contributed by atoms with E-state index in [1.807, 2.05) is 37.3 Å². The molecule has 3 rings (SSSR count). The average Bonchev–Trinajstić information content (AvgIpc) is 2.72. The van der Waals surface area contributed by atoms with Gasteiger partial charge in [0.1, 0.15) is 12.4 Å². The number of ether oxygens (including phenoxy) is 1. The van der Waals surface area contributed by atoms with Crippen molar-refractivity contribution in [2.75, 3.05) is 0 Å². The van der Waals surface area contributed by atoms with E-state index in [4.69, 9.17) is 27.9 Å². The summed E-state index contributed by atoms with van der Waals surface area (Å²) in [5, 5.41) is 5.29. The zero-order valence-electron chi connectivity index (χ0n) is 15.5. The van der Waals surface area contributed by atoms with Crippen molar-refractivity contribution in [3.63, 3.8) is 0 Å². The first-order valence-electron chi connectivity index (χ1n) is 8.70. The molecular weight excluding hydrogens is 475 g/mol. The number of nitrogens with one attached hydrogen (secondary N) is 1. The van der Waals surface area contributed by atoms with Crippen LogP contribution in [0.5, 0.6) is 5.75 Å². The van der Waals surface area contributed by atoms with Gasteiger partial charge in [0.15, 0.2) is 0 Å². The normalized spacial score (nSPS) is 11.2. The van der Waals surface area contributed by atoms with E-state index in [1.54, 1.807) is 36.4 Å². The smallest absolute Gasteiger partial charge is 0.271 e. The van der Waals surface area contributed by atoms with E-state index < -0.39 is 0 Å². The van der Waals surface area contributed by atoms with Crippen LogP contribution < -0.4 is 10.2 Å². The van der Waals surface area contributed by atoms with Crippen molar-refractivity contribution in [1.82, 2.24) is 5.43 Å². The molecule has 0 fully saturated rings. The third-order valence-corrected chi connectivity index (χ3v) is 5.23. The Morgan fingerprint density at radius 1 is 1.00 bits per heavy atom. The minimum atomic E-state index is -0.297. The van der Waals surface area contributed by atoms with Crippen LogP contribution in [0, 0.1) is 0 Å². The molecule has 3 aromatic carbocycles. The van der Waals surface area contributed by atoms with Crippen LogP contribution in [0.15, 0.2) is 76.3 Å². The number of carbonyl (C=O) groups excluding carboxylic acids is 1. The molecule has 3 aromatic rings. The van der Waals surface area contributed by atoms with E-state index in [0.717, 1.165) is 15.6 Å². The van der Waals surface area contributed by atoms with Crippen molar-refractivity contribution < 1.29 is 9.53 Å². The Kier molecular flexibility index (Phi) is 7.31. The number of hydrogen-bond donors (Lipinski definition) is 1. The van der Waals surface area contributed by atoms with Gasteiger partial charge in [-0.05, 0) is 61.0 Å². The highest BCUT2D eigenvalue weighted by atomic mass is 79.9. The first kappa shape index (κ1) is 21.4. The van der Waals surface area contributed by atoms with Gasteiger partial charge in [0.05, 0.1) is 5.71 Å². The van der Waals surface area contributed by atoms with Gasteiger partial charge in [0.25, 0.3) is 5.91 Å². The Morgan fingerprint density at radius 2 is 1.66 bits per heavy atom. The molecule has 7 heteroatoms. The number of halogens is 3. The number of nitrogens with zero attached hydrogens (tertiary/aromatic N) is 1. The average molecular weight is 492 g/mol. The Balaban J connectivity index is 1.58. The Morgan fingerprint density at radius 3 is 2.31 bits per heavy atom. The van der Waals surface area contributed by atoms with E-state index in [1.165, 1.54) is 0 Å². The minimum absolute atomic E-state index is 0.297. The molecule has 0 heterocycles. The quantitative estimate of drug-likeness (QED) is 0.316. The molecule has 1 N–H and O–H groups in total. The molecule has 0 atom stereocenters. The van der Waals surface area contributed by atoms with Gasteiger partial charge < -0.3 is 4.74 Å². The number of hydrogen-bond acceptors (Lipinski definition) is 3. The highest BCUT2D eigenvalue weighted by molar-refractivity contribution is 9.10. The first-order chi connectivity index (χ1) is 13.9. The van der Waals surface area contributed by atoms with E-state index in [9.17, 15) is 4.79 Å². The molecule has 4 nitrogen and oxygen atoms in total. The summed E-state index contributed by atoms with van der Waals surface area (Å²) in [6.45, 7) is 2.14. The van der Waals surface area contributed by atoms with Crippen molar-refractivity contribution in [1.29, 1.82) is 0 Å². The fraction of sp³-hybridized carbons (Fsp3) is 0.0909. The van der Waals surface area contributed by atoms with Crippen molar-refractivity contribution >= 4 is 50.8 Å². The topological polar surface area (TPSA) is 50.7 Å². The fourth-order valence-electron chi connectivity index (χ4n) is 2.46. The maximum Gasteiger partial charge on any atom is 0.271 e. The number of carbonyl (C=O) groups is 1. The number of hydrazone groups is 1. The summed E-state index contributed by atoms with van der Waals surface area (Å²) >= 11 is 15.4. The molecule has 0 aliphatic rings. The standard InChI is InChI=1S/C22H17BrCl2N2O2/c1-14(15-2-7-18(23)8-3-15)26-27-22(28)16-5-10-20(11-6-16)29-13-17-4-9-19(24)12-21(17)25/h2-12H,13H2,1H3,(H,27,28)/b26-14+. The van der Waals surface area contributed by atoms with Gasteiger partial charge >= 0.3 is 0 Å². The Labute approximate surface area is 187 Å². The van der Waals surface area contributed by atoms with Crippen LogP contribution in [0.25, 0.3) is 0 Å². The van der Waals surface area contributed by atoms with Gasteiger partial charge in [-0.2, -0.15) is 5.10 Å². The van der Waals surface area contributed by atoms with Gasteiger partial charge in [0.2, 0.25) is 0 Å². The first-order valence-corrected chi connectivity index (χ1v) is 10.2. The molecule has 148 valence electrons. The molecule has 0 aromatic heterocycles. The van der Waals surface area contributed by atoms with E-state index in [0.29, 0.717) is 33.7 Å². The van der Waals surface area contributed by atoms with Crippen LogP contribution in [-0.4, -0.2) is 11.6 Å². The maximum atomic E-state index is 12.3. The predicted molar refractivity (Wildman–Crippen MR) is 121 cm³/mol. The van der Waals surface area contributed by atoms with Crippen LogP contribution in [0.4, 0.5) is 0 Å². The summed E-state index contributed by atoms with van der Waals surface area (Å²) in [6.07, 6.45) is 0. The van der Waals surface area contributed by atoms with Crippen molar-refractivity contribution in [3.05, 3.63) is 97.9 Å². The molecule has 0 saturated heterocycles. The van der Waals surface area contributed by atoms with Gasteiger partial charge in [-0.15, -0.1) is 0 Å². The second kappa shape index (κ2) is 9.92. The van der Waals surface area contributed by atoms with Crippen LogP contribution in [0.3, 0.4) is 0 Å². The SMILES string of the molecule is C/C(=N\NC(=O)c1ccc(OCc2ccc(Cl)cc2Cl)cc1)c1ccc(Br)cc1. The third kappa shape index (κ3) is 6.07. The van der Waals surface area contributed by atoms with Crippen LogP contribution in [0.2, 0.25) is 10.0 Å². The van der Waals surface area contributed by atoms with Gasteiger partial charge in [0, 0.05) is 25.6 Å². The summed E-state index contributed by atoms with van der Waals surface area (Å²) < 4.78 is 6.71.